The van der Waals surface area contributed by atoms with E-state index >= 15 is 0 Å². The summed E-state index contributed by atoms with van der Waals surface area (Å²) in [6, 6.07) is 5.36. The van der Waals surface area contributed by atoms with Gasteiger partial charge in [-0.2, -0.15) is 0 Å². The lowest BCUT2D eigenvalue weighted by atomic mass is 10.3. The molecule has 1 aromatic carbocycles. The van der Waals surface area contributed by atoms with Crippen molar-refractivity contribution in [1.29, 1.82) is 0 Å². The second kappa shape index (κ2) is 6.09. The summed E-state index contributed by atoms with van der Waals surface area (Å²) in [5.74, 6) is 0.741. The highest BCUT2D eigenvalue weighted by atomic mass is 35.5. The van der Waals surface area contributed by atoms with Crippen molar-refractivity contribution in [3.8, 4) is 0 Å². The smallest absolute Gasteiger partial charge is 0.207 e. The van der Waals surface area contributed by atoms with Crippen LogP contribution >= 0.6 is 23.2 Å². The fraction of sp³-hybridized carbons (Fsp3) is 0.250. The zero-order valence-corrected chi connectivity index (χ0v) is 11.4. The first kappa shape index (κ1) is 13.2. The van der Waals surface area contributed by atoms with Crippen LogP contribution in [0.1, 0.15) is 0 Å². The summed E-state index contributed by atoms with van der Waals surface area (Å²) in [5.41, 5.74) is 0.842. The monoisotopic (exact) mass is 285 g/mol. The zero-order chi connectivity index (χ0) is 13.0. The van der Waals surface area contributed by atoms with Crippen LogP contribution in [0.4, 0.5) is 11.6 Å². The van der Waals surface area contributed by atoms with Crippen molar-refractivity contribution >= 4 is 34.8 Å². The SMILES string of the molecule is COCCn1ccnc1Nc1ccc(Cl)c(Cl)c1. The summed E-state index contributed by atoms with van der Waals surface area (Å²) in [5, 5.41) is 4.23. The summed E-state index contributed by atoms with van der Waals surface area (Å²) < 4.78 is 7.00. The standard InChI is InChI=1S/C12H13Cl2N3O/c1-18-7-6-17-5-4-15-12(17)16-9-2-3-10(13)11(14)8-9/h2-5,8H,6-7H2,1H3,(H,15,16). The van der Waals surface area contributed by atoms with Crippen molar-refractivity contribution in [2.24, 2.45) is 0 Å². The fourth-order valence-electron chi connectivity index (χ4n) is 1.51. The third kappa shape index (κ3) is 3.16. The van der Waals surface area contributed by atoms with Gasteiger partial charge in [0, 0.05) is 31.7 Å². The van der Waals surface area contributed by atoms with Gasteiger partial charge in [-0.25, -0.2) is 4.98 Å². The number of hydrogen-bond acceptors (Lipinski definition) is 3. The lowest BCUT2D eigenvalue weighted by Gasteiger charge is -2.09. The summed E-state index contributed by atoms with van der Waals surface area (Å²) in [6.45, 7) is 1.37. The van der Waals surface area contributed by atoms with Crippen molar-refractivity contribution in [3.05, 3.63) is 40.6 Å². The Hall–Kier alpha value is -1.23. The third-order valence-corrected chi connectivity index (χ3v) is 3.17. The Morgan fingerprint density at radius 3 is 2.89 bits per heavy atom. The number of aromatic nitrogens is 2. The van der Waals surface area contributed by atoms with Gasteiger partial charge < -0.3 is 14.6 Å². The number of imidazole rings is 1. The van der Waals surface area contributed by atoms with Crippen LogP contribution in [0.25, 0.3) is 0 Å². The van der Waals surface area contributed by atoms with E-state index in [0.29, 0.717) is 16.7 Å². The lowest BCUT2D eigenvalue weighted by molar-refractivity contribution is 0.188. The molecule has 0 aliphatic heterocycles. The highest BCUT2D eigenvalue weighted by Gasteiger charge is 2.04. The normalized spacial score (nSPS) is 10.6. The van der Waals surface area contributed by atoms with Crippen LogP contribution in [0.2, 0.25) is 10.0 Å². The van der Waals surface area contributed by atoms with E-state index in [0.717, 1.165) is 18.2 Å². The molecule has 1 N–H and O–H groups in total. The molecule has 0 atom stereocenters. The molecule has 0 amide bonds. The molecule has 0 radical (unpaired) electrons. The minimum absolute atomic E-state index is 0.511. The summed E-state index contributed by atoms with van der Waals surface area (Å²) >= 11 is 11.8. The number of nitrogens with one attached hydrogen (secondary N) is 1. The van der Waals surface area contributed by atoms with Gasteiger partial charge in [0.05, 0.1) is 16.7 Å². The maximum Gasteiger partial charge on any atom is 0.207 e. The first-order valence-electron chi connectivity index (χ1n) is 5.43. The van der Waals surface area contributed by atoms with Gasteiger partial charge in [0.2, 0.25) is 5.95 Å². The molecule has 2 rings (SSSR count). The molecule has 1 aromatic heterocycles. The molecule has 96 valence electrons. The molecular formula is C12H13Cl2N3O. The molecular weight excluding hydrogens is 273 g/mol. The van der Waals surface area contributed by atoms with Crippen molar-refractivity contribution in [2.75, 3.05) is 19.0 Å². The molecule has 0 bridgehead atoms. The highest BCUT2D eigenvalue weighted by Crippen LogP contribution is 2.26. The van der Waals surface area contributed by atoms with E-state index in [1.165, 1.54) is 0 Å². The molecule has 0 aliphatic rings. The minimum atomic E-state index is 0.511. The number of methoxy groups -OCH3 is 1. The summed E-state index contributed by atoms with van der Waals surface area (Å²) in [7, 11) is 1.67. The van der Waals surface area contributed by atoms with Crippen LogP contribution in [0.5, 0.6) is 0 Å². The molecule has 0 spiro atoms. The largest absolute Gasteiger partial charge is 0.383 e. The second-order valence-electron chi connectivity index (χ2n) is 3.69. The van der Waals surface area contributed by atoms with Crippen molar-refractivity contribution in [3.63, 3.8) is 0 Å². The predicted octanol–water partition coefficient (Wildman–Crippen LogP) is 3.58. The maximum absolute atomic E-state index is 5.96. The van der Waals surface area contributed by atoms with Crippen molar-refractivity contribution in [2.45, 2.75) is 6.54 Å². The van der Waals surface area contributed by atoms with Gasteiger partial charge in [-0.3, -0.25) is 0 Å². The van der Waals surface area contributed by atoms with Gasteiger partial charge in [-0.1, -0.05) is 23.2 Å². The lowest BCUT2D eigenvalue weighted by Crippen LogP contribution is -2.07. The Labute approximate surface area is 115 Å². The maximum atomic E-state index is 5.96. The molecule has 0 unspecified atom stereocenters. The van der Waals surface area contributed by atoms with E-state index < -0.39 is 0 Å². The molecule has 6 heteroatoms. The van der Waals surface area contributed by atoms with Gasteiger partial charge >= 0.3 is 0 Å². The van der Waals surface area contributed by atoms with Crippen LogP contribution in [-0.4, -0.2) is 23.3 Å². The van der Waals surface area contributed by atoms with Crippen LogP contribution in [-0.2, 0) is 11.3 Å². The number of ether oxygens (including phenoxy) is 1. The van der Waals surface area contributed by atoms with E-state index in [-0.39, 0.29) is 0 Å². The Morgan fingerprint density at radius 2 is 2.17 bits per heavy atom. The van der Waals surface area contributed by atoms with Crippen molar-refractivity contribution < 1.29 is 4.74 Å². The topological polar surface area (TPSA) is 39.1 Å². The van der Waals surface area contributed by atoms with E-state index in [1.54, 1.807) is 25.4 Å². The highest BCUT2D eigenvalue weighted by molar-refractivity contribution is 6.42. The van der Waals surface area contributed by atoms with E-state index in [1.807, 2.05) is 16.8 Å². The third-order valence-electron chi connectivity index (χ3n) is 2.43. The quantitative estimate of drug-likeness (QED) is 0.913. The van der Waals surface area contributed by atoms with Crippen molar-refractivity contribution in [1.82, 2.24) is 9.55 Å². The Bertz CT molecular complexity index is 528. The zero-order valence-electron chi connectivity index (χ0n) is 9.86. The minimum Gasteiger partial charge on any atom is -0.383 e. The van der Waals surface area contributed by atoms with Gasteiger partial charge in [0.15, 0.2) is 0 Å². The Morgan fingerprint density at radius 1 is 1.33 bits per heavy atom. The van der Waals surface area contributed by atoms with Gasteiger partial charge in [-0.05, 0) is 18.2 Å². The average Bonchev–Trinajstić information content (AvgIpc) is 2.79. The predicted molar refractivity (Wildman–Crippen MR) is 73.8 cm³/mol. The molecule has 0 fully saturated rings. The van der Waals surface area contributed by atoms with Crippen LogP contribution in [0, 0.1) is 0 Å². The molecule has 1 heterocycles. The van der Waals surface area contributed by atoms with Crippen LogP contribution < -0.4 is 5.32 Å². The summed E-state index contributed by atoms with van der Waals surface area (Å²) in [4.78, 5) is 4.24. The second-order valence-corrected chi connectivity index (χ2v) is 4.51. The van der Waals surface area contributed by atoms with E-state index in [9.17, 15) is 0 Å². The Balaban J connectivity index is 2.13. The Kier molecular flexibility index (Phi) is 4.47. The molecule has 0 aliphatic carbocycles. The fourth-order valence-corrected chi connectivity index (χ4v) is 1.80. The summed E-state index contributed by atoms with van der Waals surface area (Å²) in [6.07, 6.45) is 3.62. The molecule has 4 nitrogen and oxygen atoms in total. The van der Waals surface area contributed by atoms with Crippen LogP contribution in [0.15, 0.2) is 30.6 Å². The van der Waals surface area contributed by atoms with E-state index in [2.05, 4.69) is 10.3 Å². The number of nitrogens with zero attached hydrogens (tertiary/aromatic N) is 2. The first-order chi connectivity index (χ1) is 8.70. The average molecular weight is 286 g/mol. The number of hydrogen-bond donors (Lipinski definition) is 1. The molecule has 18 heavy (non-hydrogen) atoms. The van der Waals surface area contributed by atoms with Gasteiger partial charge in [-0.15, -0.1) is 0 Å². The van der Waals surface area contributed by atoms with Crippen LogP contribution in [0.3, 0.4) is 0 Å². The number of halogens is 2. The molecule has 0 saturated carbocycles. The molecule has 0 saturated heterocycles. The van der Waals surface area contributed by atoms with Gasteiger partial charge in [0.25, 0.3) is 0 Å². The first-order valence-corrected chi connectivity index (χ1v) is 6.18. The molecule has 2 aromatic rings. The van der Waals surface area contributed by atoms with E-state index in [4.69, 9.17) is 27.9 Å². The number of anilines is 2. The number of rotatable bonds is 5. The number of benzene rings is 1. The van der Waals surface area contributed by atoms with Gasteiger partial charge in [0.1, 0.15) is 0 Å².